The van der Waals surface area contributed by atoms with Crippen LogP contribution in [0.2, 0.25) is 0 Å². The summed E-state index contributed by atoms with van der Waals surface area (Å²) in [5, 5.41) is 1.71. The van der Waals surface area contributed by atoms with Gasteiger partial charge in [-0.05, 0) is 52.2 Å². The van der Waals surface area contributed by atoms with E-state index in [1.807, 2.05) is 20.8 Å². The predicted molar refractivity (Wildman–Crippen MR) is 112 cm³/mol. The zero-order chi connectivity index (χ0) is 21.2. The Hall–Kier alpha value is -1.89. The molecule has 1 aromatic rings. The van der Waals surface area contributed by atoms with Crippen molar-refractivity contribution in [2.24, 2.45) is 0 Å². The summed E-state index contributed by atoms with van der Waals surface area (Å²) in [5.74, 6) is -0.553. The van der Waals surface area contributed by atoms with Crippen LogP contribution >= 0.6 is 0 Å². The summed E-state index contributed by atoms with van der Waals surface area (Å²) in [6, 6.07) is 5.80. The third-order valence-corrected chi connectivity index (χ3v) is 8.22. The Morgan fingerprint density at radius 3 is 2.28 bits per heavy atom. The monoisotopic (exact) mass is 420 g/mol. The first-order valence-electron chi connectivity index (χ1n) is 10.6. The molecule has 1 heterocycles. The largest absolute Gasteiger partial charge is 0.352 e. The van der Waals surface area contributed by atoms with Crippen molar-refractivity contribution < 1.29 is 18.0 Å². The number of aryl methyl sites for hydroxylation is 1. The molecule has 0 spiro atoms. The Labute approximate surface area is 174 Å². The summed E-state index contributed by atoms with van der Waals surface area (Å²) in [6.07, 6.45) is 5.64. The lowest BCUT2D eigenvalue weighted by molar-refractivity contribution is -0.131. The zero-order valence-electron chi connectivity index (χ0n) is 17.6. The molecule has 1 saturated carbocycles. The Kier molecular flexibility index (Phi) is 6.66. The van der Waals surface area contributed by atoms with Gasteiger partial charge in [-0.1, -0.05) is 37.0 Å². The highest BCUT2D eigenvalue weighted by atomic mass is 32.2. The molecule has 2 unspecified atom stereocenters. The number of likely N-dealkylation sites (tertiary alicyclic amines) is 1. The van der Waals surface area contributed by atoms with E-state index in [-0.39, 0.29) is 29.3 Å². The molecule has 2 fully saturated rings. The number of nitrogens with one attached hydrogen (secondary N) is 1. The highest BCUT2D eigenvalue weighted by Crippen LogP contribution is 2.31. The topological polar surface area (TPSA) is 83.5 Å². The SMILES string of the molecule is Cc1ccc(S(=O)(=O)C(C(=O)NC2CCCCC2)C2CCC(=O)N2C(C)C)cc1. The summed E-state index contributed by atoms with van der Waals surface area (Å²) < 4.78 is 27.2. The van der Waals surface area contributed by atoms with Crippen molar-refractivity contribution >= 4 is 21.7 Å². The lowest BCUT2D eigenvalue weighted by Crippen LogP contribution is -2.55. The minimum Gasteiger partial charge on any atom is -0.352 e. The number of carbonyl (C=O) groups is 2. The quantitative estimate of drug-likeness (QED) is 0.767. The van der Waals surface area contributed by atoms with Gasteiger partial charge in [-0.2, -0.15) is 0 Å². The number of nitrogens with zero attached hydrogens (tertiary/aromatic N) is 1. The lowest BCUT2D eigenvalue weighted by atomic mass is 9.95. The first-order valence-corrected chi connectivity index (χ1v) is 12.2. The molecule has 0 radical (unpaired) electrons. The molecule has 6 nitrogen and oxygen atoms in total. The first kappa shape index (κ1) is 21.8. The molecule has 0 bridgehead atoms. The summed E-state index contributed by atoms with van der Waals surface area (Å²) in [7, 11) is -3.95. The maximum Gasteiger partial charge on any atom is 0.241 e. The fourth-order valence-corrected chi connectivity index (χ4v) is 6.46. The maximum atomic E-state index is 13.6. The average Bonchev–Trinajstić information content (AvgIpc) is 3.04. The van der Waals surface area contributed by atoms with Crippen molar-refractivity contribution in [3.8, 4) is 0 Å². The molecule has 1 aliphatic carbocycles. The van der Waals surface area contributed by atoms with Gasteiger partial charge >= 0.3 is 0 Å². The van der Waals surface area contributed by atoms with Crippen molar-refractivity contribution in [3.63, 3.8) is 0 Å². The molecular weight excluding hydrogens is 388 g/mol. The predicted octanol–water partition coefficient (Wildman–Crippen LogP) is 2.99. The fourth-order valence-electron chi connectivity index (χ4n) is 4.62. The van der Waals surface area contributed by atoms with Crippen LogP contribution in [0.15, 0.2) is 29.2 Å². The van der Waals surface area contributed by atoms with E-state index < -0.39 is 27.0 Å². The normalized spacial score (nSPS) is 22.1. The van der Waals surface area contributed by atoms with Gasteiger partial charge in [0.15, 0.2) is 15.1 Å². The zero-order valence-corrected chi connectivity index (χ0v) is 18.4. The second kappa shape index (κ2) is 8.86. The van der Waals surface area contributed by atoms with Crippen LogP contribution in [0.25, 0.3) is 0 Å². The number of rotatable bonds is 6. The third kappa shape index (κ3) is 4.65. The summed E-state index contributed by atoms with van der Waals surface area (Å²) >= 11 is 0. The molecule has 7 heteroatoms. The van der Waals surface area contributed by atoms with Gasteiger partial charge in [0.25, 0.3) is 0 Å². The Balaban J connectivity index is 1.97. The summed E-state index contributed by atoms with van der Waals surface area (Å²) in [4.78, 5) is 27.5. The summed E-state index contributed by atoms with van der Waals surface area (Å²) in [6.45, 7) is 5.62. The molecule has 1 aliphatic heterocycles. The van der Waals surface area contributed by atoms with Crippen LogP contribution in [0.4, 0.5) is 0 Å². The highest BCUT2D eigenvalue weighted by molar-refractivity contribution is 7.92. The number of hydrogen-bond donors (Lipinski definition) is 1. The van der Waals surface area contributed by atoms with Crippen LogP contribution in [0.3, 0.4) is 0 Å². The van der Waals surface area contributed by atoms with E-state index in [9.17, 15) is 18.0 Å². The van der Waals surface area contributed by atoms with Crippen molar-refractivity contribution in [2.75, 3.05) is 0 Å². The van der Waals surface area contributed by atoms with Crippen LogP contribution in [0.1, 0.15) is 64.4 Å². The highest BCUT2D eigenvalue weighted by Gasteiger charge is 2.48. The number of sulfone groups is 1. The van der Waals surface area contributed by atoms with Gasteiger partial charge in [-0.3, -0.25) is 9.59 Å². The third-order valence-electron chi connectivity index (χ3n) is 6.10. The van der Waals surface area contributed by atoms with Gasteiger partial charge in [0, 0.05) is 18.5 Å². The van der Waals surface area contributed by atoms with Crippen LogP contribution < -0.4 is 5.32 Å². The van der Waals surface area contributed by atoms with Gasteiger partial charge in [-0.15, -0.1) is 0 Å². The number of amides is 2. The molecule has 1 saturated heterocycles. The molecule has 2 atom stereocenters. The van der Waals surface area contributed by atoms with Crippen molar-refractivity contribution in [1.29, 1.82) is 0 Å². The molecule has 29 heavy (non-hydrogen) atoms. The van der Waals surface area contributed by atoms with E-state index in [0.717, 1.165) is 37.7 Å². The van der Waals surface area contributed by atoms with Gasteiger partial charge in [0.1, 0.15) is 0 Å². The molecule has 1 N–H and O–H groups in total. The van der Waals surface area contributed by atoms with Gasteiger partial charge in [0.2, 0.25) is 11.8 Å². The van der Waals surface area contributed by atoms with Crippen LogP contribution in [-0.4, -0.2) is 48.5 Å². The van der Waals surface area contributed by atoms with E-state index >= 15 is 0 Å². The maximum absolute atomic E-state index is 13.6. The van der Waals surface area contributed by atoms with Gasteiger partial charge in [-0.25, -0.2) is 8.42 Å². The molecule has 160 valence electrons. The molecule has 2 aliphatic rings. The molecule has 3 rings (SSSR count). The van der Waals surface area contributed by atoms with Crippen molar-refractivity contribution in [2.45, 2.75) is 94.0 Å². The van der Waals surface area contributed by atoms with Crippen LogP contribution in [-0.2, 0) is 19.4 Å². The van der Waals surface area contributed by atoms with Gasteiger partial charge in [0.05, 0.1) is 10.9 Å². The molecule has 0 aromatic heterocycles. The first-order chi connectivity index (χ1) is 13.7. The minimum atomic E-state index is -3.95. The van der Waals surface area contributed by atoms with Crippen molar-refractivity contribution in [3.05, 3.63) is 29.8 Å². The number of benzene rings is 1. The van der Waals surface area contributed by atoms with Crippen LogP contribution in [0, 0.1) is 6.92 Å². The Morgan fingerprint density at radius 2 is 1.69 bits per heavy atom. The van der Waals surface area contributed by atoms with E-state index in [1.54, 1.807) is 29.2 Å². The van der Waals surface area contributed by atoms with Crippen LogP contribution in [0.5, 0.6) is 0 Å². The molecule has 2 amide bonds. The fraction of sp³-hybridized carbons (Fsp3) is 0.636. The second-order valence-electron chi connectivity index (χ2n) is 8.62. The van der Waals surface area contributed by atoms with Crippen molar-refractivity contribution in [1.82, 2.24) is 10.2 Å². The van der Waals surface area contributed by atoms with Gasteiger partial charge < -0.3 is 10.2 Å². The van der Waals surface area contributed by atoms with E-state index in [0.29, 0.717) is 6.42 Å². The van der Waals surface area contributed by atoms with E-state index in [4.69, 9.17) is 0 Å². The number of hydrogen-bond acceptors (Lipinski definition) is 4. The smallest absolute Gasteiger partial charge is 0.241 e. The van der Waals surface area contributed by atoms with E-state index in [1.165, 1.54) is 0 Å². The number of carbonyl (C=O) groups excluding carboxylic acids is 2. The average molecular weight is 421 g/mol. The molecule has 1 aromatic carbocycles. The minimum absolute atomic E-state index is 0.0107. The molecular formula is C22H32N2O4S. The standard InChI is InChI=1S/C22H32N2O4S/c1-15(2)24-19(13-14-20(24)25)21(22(26)23-17-7-5-4-6-8-17)29(27,28)18-11-9-16(3)10-12-18/h9-12,15,17,19,21H,4-8,13-14H2,1-3H3,(H,23,26). The Morgan fingerprint density at radius 1 is 1.07 bits per heavy atom. The Bertz CT molecular complexity index is 842. The van der Waals surface area contributed by atoms with E-state index in [2.05, 4.69) is 5.32 Å². The second-order valence-corrected chi connectivity index (χ2v) is 10.7. The lowest BCUT2D eigenvalue weighted by Gasteiger charge is -2.34. The summed E-state index contributed by atoms with van der Waals surface area (Å²) in [5.41, 5.74) is 0.951.